The standard InChI is InChI=1S/C14H16O2/c1-3-5-11-8-12-10(9-13(11)15)6-4-7-14(12)16-2/h3-4,6-7,11H,1,5,8-9H2,2H3. The normalized spacial score (nSPS) is 19.1. The van der Waals surface area contributed by atoms with Gasteiger partial charge in [-0.1, -0.05) is 18.2 Å². The number of carbonyl (C=O) groups excluding carboxylic acids is 1. The number of allylic oxidation sites excluding steroid dienone is 1. The number of benzene rings is 1. The molecule has 0 heterocycles. The molecule has 16 heavy (non-hydrogen) atoms. The molecule has 0 amide bonds. The highest BCUT2D eigenvalue weighted by Gasteiger charge is 2.27. The van der Waals surface area contributed by atoms with E-state index in [-0.39, 0.29) is 5.92 Å². The average molecular weight is 216 g/mol. The fourth-order valence-corrected chi connectivity index (χ4v) is 2.31. The molecule has 2 nitrogen and oxygen atoms in total. The number of ketones is 1. The molecule has 0 saturated heterocycles. The zero-order valence-electron chi connectivity index (χ0n) is 9.53. The van der Waals surface area contributed by atoms with Crippen LogP contribution >= 0.6 is 0 Å². The average Bonchev–Trinajstić information content (AvgIpc) is 2.29. The minimum absolute atomic E-state index is 0.0845. The lowest BCUT2D eigenvalue weighted by atomic mass is 9.81. The highest BCUT2D eigenvalue weighted by Crippen LogP contribution is 2.31. The van der Waals surface area contributed by atoms with Gasteiger partial charge in [-0.2, -0.15) is 0 Å². The summed E-state index contributed by atoms with van der Waals surface area (Å²) in [4.78, 5) is 11.9. The number of carbonyl (C=O) groups is 1. The Morgan fingerprint density at radius 3 is 3.06 bits per heavy atom. The molecule has 1 aromatic rings. The van der Waals surface area contributed by atoms with Gasteiger partial charge in [-0.15, -0.1) is 6.58 Å². The number of fused-ring (bicyclic) bond motifs is 1. The van der Waals surface area contributed by atoms with Crippen LogP contribution in [-0.4, -0.2) is 12.9 Å². The minimum atomic E-state index is 0.0845. The first-order valence-corrected chi connectivity index (χ1v) is 5.54. The van der Waals surface area contributed by atoms with Crippen LogP contribution in [0.3, 0.4) is 0 Å². The molecule has 0 saturated carbocycles. The van der Waals surface area contributed by atoms with E-state index in [0.29, 0.717) is 12.2 Å². The molecule has 1 unspecified atom stereocenters. The summed E-state index contributed by atoms with van der Waals surface area (Å²) in [6, 6.07) is 5.91. The van der Waals surface area contributed by atoms with Crippen molar-refractivity contribution in [2.75, 3.05) is 7.11 Å². The molecular weight excluding hydrogens is 200 g/mol. The molecule has 0 fully saturated rings. The van der Waals surface area contributed by atoms with E-state index in [2.05, 4.69) is 6.58 Å². The molecule has 84 valence electrons. The van der Waals surface area contributed by atoms with E-state index in [1.807, 2.05) is 24.3 Å². The van der Waals surface area contributed by atoms with Crippen LogP contribution in [0.1, 0.15) is 17.5 Å². The maximum Gasteiger partial charge on any atom is 0.140 e. The third kappa shape index (κ3) is 1.87. The number of methoxy groups -OCH3 is 1. The Bertz CT molecular complexity index is 421. The van der Waals surface area contributed by atoms with Gasteiger partial charge in [-0.05, 0) is 30.0 Å². The summed E-state index contributed by atoms with van der Waals surface area (Å²) in [5.74, 6) is 1.31. The summed E-state index contributed by atoms with van der Waals surface area (Å²) in [6.45, 7) is 3.70. The lowest BCUT2D eigenvalue weighted by Gasteiger charge is -2.24. The minimum Gasteiger partial charge on any atom is -0.496 e. The van der Waals surface area contributed by atoms with Gasteiger partial charge in [0.2, 0.25) is 0 Å². The fraction of sp³-hybridized carbons (Fsp3) is 0.357. The van der Waals surface area contributed by atoms with Gasteiger partial charge in [0.15, 0.2) is 0 Å². The van der Waals surface area contributed by atoms with Crippen LogP contribution in [0, 0.1) is 5.92 Å². The van der Waals surface area contributed by atoms with Gasteiger partial charge in [0.25, 0.3) is 0 Å². The Hall–Kier alpha value is -1.57. The van der Waals surface area contributed by atoms with Crippen LogP contribution in [0.2, 0.25) is 0 Å². The molecule has 0 radical (unpaired) electrons. The maximum absolute atomic E-state index is 11.9. The molecule has 2 rings (SSSR count). The molecule has 2 heteroatoms. The van der Waals surface area contributed by atoms with E-state index >= 15 is 0 Å². The fourth-order valence-electron chi connectivity index (χ4n) is 2.31. The monoisotopic (exact) mass is 216 g/mol. The maximum atomic E-state index is 11.9. The lowest BCUT2D eigenvalue weighted by Crippen LogP contribution is -2.25. The molecule has 0 N–H and O–H groups in total. The quantitative estimate of drug-likeness (QED) is 0.726. The Labute approximate surface area is 95.9 Å². The van der Waals surface area contributed by atoms with Crippen LogP contribution in [0.15, 0.2) is 30.9 Å². The van der Waals surface area contributed by atoms with E-state index in [1.54, 1.807) is 7.11 Å². The lowest BCUT2D eigenvalue weighted by molar-refractivity contribution is -0.122. The molecular formula is C14H16O2. The molecule has 1 aliphatic rings. The van der Waals surface area contributed by atoms with Gasteiger partial charge in [0.1, 0.15) is 11.5 Å². The summed E-state index contributed by atoms with van der Waals surface area (Å²) < 4.78 is 5.34. The summed E-state index contributed by atoms with van der Waals surface area (Å²) in [5, 5.41) is 0. The van der Waals surface area contributed by atoms with Crippen molar-refractivity contribution >= 4 is 5.78 Å². The SMILES string of the molecule is C=CCC1Cc2c(cccc2OC)CC1=O. The van der Waals surface area contributed by atoms with E-state index in [0.717, 1.165) is 24.2 Å². The third-order valence-electron chi connectivity index (χ3n) is 3.17. The predicted molar refractivity (Wildman–Crippen MR) is 63.7 cm³/mol. The van der Waals surface area contributed by atoms with Gasteiger partial charge in [0, 0.05) is 12.3 Å². The van der Waals surface area contributed by atoms with E-state index in [1.165, 1.54) is 5.56 Å². The van der Waals surface area contributed by atoms with Gasteiger partial charge < -0.3 is 4.74 Å². The van der Waals surface area contributed by atoms with Crippen LogP contribution in [0.5, 0.6) is 5.75 Å². The molecule has 1 aliphatic carbocycles. The van der Waals surface area contributed by atoms with E-state index in [4.69, 9.17) is 4.74 Å². The van der Waals surface area contributed by atoms with Crippen molar-refractivity contribution in [1.82, 2.24) is 0 Å². The molecule has 0 bridgehead atoms. The van der Waals surface area contributed by atoms with Gasteiger partial charge in [0.05, 0.1) is 7.11 Å². The zero-order valence-corrected chi connectivity index (χ0v) is 9.53. The van der Waals surface area contributed by atoms with E-state index in [9.17, 15) is 4.79 Å². The second-order valence-electron chi connectivity index (χ2n) is 4.17. The molecule has 1 aromatic carbocycles. The van der Waals surface area contributed by atoms with Crippen molar-refractivity contribution in [3.63, 3.8) is 0 Å². The topological polar surface area (TPSA) is 26.3 Å². The van der Waals surface area contributed by atoms with Crippen molar-refractivity contribution in [1.29, 1.82) is 0 Å². The van der Waals surface area contributed by atoms with Crippen molar-refractivity contribution in [2.24, 2.45) is 5.92 Å². The Kier molecular flexibility index (Phi) is 3.09. The third-order valence-corrected chi connectivity index (χ3v) is 3.17. The van der Waals surface area contributed by atoms with Crippen molar-refractivity contribution in [3.05, 3.63) is 42.0 Å². The van der Waals surface area contributed by atoms with E-state index < -0.39 is 0 Å². The summed E-state index contributed by atoms with van der Waals surface area (Å²) in [6.07, 6.45) is 3.90. The van der Waals surface area contributed by atoms with Crippen LogP contribution in [-0.2, 0) is 17.6 Å². The molecule has 0 spiro atoms. The van der Waals surface area contributed by atoms with Gasteiger partial charge in [-0.25, -0.2) is 0 Å². The number of hydrogen-bond acceptors (Lipinski definition) is 2. The Morgan fingerprint density at radius 2 is 2.38 bits per heavy atom. The van der Waals surface area contributed by atoms with Crippen molar-refractivity contribution in [2.45, 2.75) is 19.3 Å². The second-order valence-corrected chi connectivity index (χ2v) is 4.17. The first kappa shape index (κ1) is 10.9. The van der Waals surface area contributed by atoms with Crippen molar-refractivity contribution < 1.29 is 9.53 Å². The molecule has 0 aromatic heterocycles. The van der Waals surface area contributed by atoms with Gasteiger partial charge in [-0.3, -0.25) is 4.79 Å². The largest absolute Gasteiger partial charge is 0.496 e. The molecule has 1 atom stereocenters. The zero-order chi connectivity index (χ0) is 11.5. The first-order chi connectivity index (χ1) is 7.76. The van der Waals surface area contributed by atoms with Crippen LogP contribution in [0.25, 0.3) is 0 Å². The summed E-state index contributed by atoms with van der Waals surface area (Å²) >= 11 is 0. The smallest absolute Gasteiger partial charge is 0.140 e. The van der Waals surface area contributed by atoms with Crippen LogP contribution < -0.4 is 4.74 Å². The highest BCUT2D eigenvalue weighted by molar-refractivity contribution is 5.86. The summed E-state index contributed by atoms with van der Waals surface area (Å²) in [5.41, 5.74) is 2.31. The molecule has 0 aliphatic heterocycles. The van der Waals surface area contributed by atoms with Crippen LogP contribution in [0.4, 0.5) is 0 Å². The number of Topliss-reactive ketones (excluding diaryl/α,β-unsaturated/α-hetero) is 1. The number of hydrogen-bond donors (Lipinski definition) is 0. The second kappa shape index (κ2) is 4.52. The van der Waals surface area contributed by atoms with Gasteiger partial charge >= 0.3 is 0 Å². The highest BCUT2D eigenvalue weighted by atomic mass is 16.5. The first-order valence-electron chi connectivity index (χ1n) is 5.54. The van der Waals surface area contributed by atoms with Crippen molar-refractivity contribution in [3.8, 4) is 5.75 Å². The number of ether oxygens (including phenoxy) is 1. The Morgan fingerprint density at radius 1 is 1.56 bits per heavy atom. The Balaban J connectivity index is 2.35. The summed E-state index contributed by atoms with van der Waals surface area (Å²) in [7, 11) is 1.68. The predicted octanol–water partition coefficient (Wildman–Crippen LogP) is 2.56. The number of rotatable bonds is 3.